The number of urea groups is 1. The highest BCUT2D eigenvalue weighted by molar-refractivity contribution is 6.01. The maximum absolute atomic E-state index is 15.2. The van der Waals surface area contributed by atoms with E-state index in [9.17, 15) is 72.2 Å². The van der Waals surface area contributed by atoms with Gasteiger partial charge in [0.2, 0.25) is 65.0 Å². The number of aromatic nitrogens is 3. The van der Waals surface area contributed by atoms with E-state index in [0.717, 1.165) is 0 Å². The molecule has 0 bridgehead atoms. The van der Waals surface area contributed by atoms with E-state index in [4.69, 9.17) is 31.1 Å². The lowest BCUT2D eigenvalue weighted by Gasteiger charge is -2.30. The lowest BCUT2D eigenvalue weighted by atomic mass is 9.98. The van der Waals surface area contributed by atoms with Crippen LogP contribution in [0.4, 0.5) is 20.1 Å². The second kappa shape index (κ2) is 50.3. The topological polar surface area (TPSA) is 590 Å². The Morgan fingerprint density at radius 1 is 0.606 bits per heavy atom. The molecule has 2 fully saturated rings. The number of nitrogens with one attached hydrogen (secondary N) is 16. The first-order valence-electron chi connectivity index (χ1n) is 42.9. The van der Waals surface area contributed by atoms with Gasteiger partial charge in [-0.1, -0.05) is 97.9 Å². The van der Waals surface area contributed by atoms with Crippen molar-refractivity contribution in [1.82, 2.24) is 93.5 Å². The summed E-state index contributed by atoms with van der Waals surface area (Å²) in [5.41, 5.74) is 13.6. The Bertz CT molecular complexity index is 4560. The predicted molar refractivity (Wildman–Crippen MR) is 468 cm³/mol. The summed E-state index contributed by atoms with van der Waals surface area (Å²) in [6, 6.07) is 4.74. The fourth-order valence-corrected chi connectivity index (χ4v) is 14.3. The molecule has 2 aromatic heterocycles. The van der Waals surface area contributed by atoms with E-state index in [1.165, 1.54) is 65.6 Å². The van der Waals surface area contributed by atoms with Crippen molar-refractivity contribution in [3.8, 4) is 5.75 Å². The van der Waals surface area contributed by atoms with E-state index in [1.807, 2.05) is 27.7 Å². The van der Waals surface area contributed by atoms with Crippen molar-refractivity contribution in [2.75, 3.05) is 65.3 Å². The third kappa shape index (κ3) is 32.8. The van der Waals surface area contributed by atoms with Gasteiger partial charge in [0, 0.05) is 108 Å². The summed E-state index contributed by atoms with van der Waals surface area (Å²) in [6.45, 7) is 15.6. The summed E-state index contributed by atoms with van der Waals surface area (Å²) < 4.78 is 16.5. The minimum Gasteiger partial charge on any atom is -0.464 e. The highest BCUT2D eigenvalue weighted by Crippen LogP contribution is 2.25. The van der Waals surface area contributed by atoms with E-state index >= 15 is 4.79 Å². The minimum atomic E-state index is -1.86. The summed E-state index contributed by atoms with van der Waals surface area (Å²) in [5, 5.41) is 55.0. The SMILES string of the molecule is CCOC(=O)[C@@H]1CCCN1C(=O)[C@H](CCCNC(=N)N)NC(=O)[C@H](CC(C)C)NC(=O)[C@H](CC(C)C)NC(=O)[C@H](Cc1ccc(OC(=O)N(C)CCN(C)C(=O)OCc2ccc(NC(=O)[C@H](CCCNC(N)=O)NC(=O)[C@@H](NC(C)C)C(C)C)cc2)cc1)NC(=O)[C@H](CO)NC(=O)[C@H](Cc1c[nH]c2ccccc12)NC(=O)[C@H](Cc1c[nH]cn1)NC(=O)C1CCC(=O)N1. The molecule has 11 atom stereocenters. The largest absolute Gasteiger partial charge is 0.464 e. The fraction of sp³-hybridized carbons (Fsp3) is 0.547. The number of guanidine groups is 1. The molecule has 5 aromatic rings. The monoisotopic (exact) mass is 1770 g/mol. The number of carbonyl (C=O) groups excluding carboxylic acids is 15. The fourth-order valence-electron chi connectivity index (χ4n) is 14.3. The van der Waals surface area contributed by atoms with Crippen LogP contribution in [0.3, 0.4) is 0 Å². The average molecular weight is 1770 g/mol. The van der Waals surface area contributed by atoms with Crippen LogP contribution in [0.25, 0.3) is 10.9 Å². The van der Waals surface area contributed by atoms with Crippen molar-refractivity contribution in [3.63, 3.8) is 0 Å². The summed E-state index contributed by atoms with van der Waals surface area (Å²) in [7, 11) is 2.89. The lowest BCUT2D eigenvalue weighted by molar-refractivity contribution is -0.154. The van der Waals surface area contributed by atoms with Gasteiger partial charge in [-0.25, -0.2) is 24.2 Å². The van der Waals surface area contributed by atoms with E-state index in [1.54, 1.807) is 89.3 Å². The number of hydrogen-bond donors (Lipinski definition) is 19. The van der Waals surface area contributed by atoms with Crippen LogP contribution in [0.2, 0.25) is 0 Å². The number of hydrogen-bond acceptors (Lipinski definition) is 22. The van der Waals surface area contributed by atoms with Crippen molar-refractivity contribution in [3.05, 3.63) is 114 Å². The Morgan fingerprint density at radius 2 is 1.16 bits per heavy atom. The molecule has 41 heteroatoms. The highest BCUT2D eigenvalue weighted by atomic mass is 16.6. The Hall–Kier alpha value is -13.0. The van der Waals surface area contributed by atoms with Gasteiger partial charge in [0.15, 0.2) is 5.96 Å². The van der Waals surface area contributed by atoms with Gasteiger partial charge in [0.05, 0.1) is 31.3 Å². The maximum Gasteiger partial charge on any atom is 0.415 e. The minimum absolute atomic E-state index is 0.0142. The molecule has 3 aromatic carbocycles. The molecule has 4 heterocycles. The molecule has 21 N–H and O–H groups in total. The summed E-state index contributed by atoms with van der Waals surface area (Å²) in [5.74, 6) is -9.63. The van der Waals surface area contributed by atoms with Gasteiger partial charge in [0.25, 0.3) is 0 Å². The molecule has 2 aliphatic rings. The number of nitrogens with zero attached hydrogens (tertiary/aromatic N) is 4. The number of aliphatic hydroxyl groups excluding tert-OH is 1. The van der Waals surface area contributed by atoms with Gasteiger partial charge >= 0.3 is 24.2 Å². The predicted octanol–water partition coefficient (Wildman–Crippen LogP) is 1.09. The number of anilines is 1. The molecule has 2 aliphatic heterocycles. The normalized spacial score (nSPS) is 15.7. The van der Waals surface area contributed by atoms with Gasteiger partial charge in [-0.2, -0.15) is 0 Å². The van der Waals surface area contributed by atoms with E-state index in [-0.39, 0.29) is 157 Å². The number of ether oxygens (including phenoxy) is 3. The summed E-state index contributed by atoms with van der Waals surface area (Å²) in [4.78, 5) is 222. The first-order valence-corrected chi connectivity index (χ1v) is 42.9. The molecule has 0 spiro atoms. The van der Waals surface area contributed by atoms with Gasteiger partial charge in [-0.15, -0.1) is 0 Å². The van der Waals surface area contributed by atoms with Crippen molar-refractivity contribution in [1.29, 1.82) is 5.41 Å². The smallest absolute Gasteiger partial charge is 0.415 e. The third-order valence-electron chi connectivity index (χ3n) is 21.1. The lowest BCUT2D eigenvalue weighted by Crippen LogP contribution is -2.61. The molecule has 0 radical (unpaired) electrons. The number of esters is 1. The standard InChI is InChI=1S/C86H126N22O19/c1-12-125-82(121)69-22-17-35-108(69)81(120)62(21-16-33-91-83(87)88)99-74(113)63(38-48(2)3)100-75(114)64(39-49(4)5)101-76(115)65(102-79(118)68(45-109)105-77(116)66(41-54-43-93-59-19-14-13-18-58(54)59)103-78(117)67(42-56-44-90-47-94-56)104-73(112)61-31-32-70(110)97-61)40-52-25-29-57(30-26-52)127-86(124)107(11)37-36-106(10)85(123)126-46-53-23-27-55(28-24-53)96-72(111)60(20-15-34-92-84(89)122)98-80(119)71(50(6)7)95-51(8)9/h13-14,18-19,23-30,43-44,47-51,60-69,71,93,95,109H,12,15-17,20-22,31-42,45-46H2,1-11H3,(H,90,94)(H,96,111)(H,97,110)(H,98,119)(H,99,113)(H,100,114)(H,101,115)(H,102,118)(H,103,117)(H,104,112)(H,105,116)(H4,87,88,91)(H3,89,92,122)/t60-,61?,62-,63-,64-,65-,66-,67-,68-,69-,71-/m0/s1. The molecule has 15 amide bonds. The Labute approximate surface area is 737 Å². The first-order chi connectivity index (χ1) is 60.4. The van der Waals surface area contributed by atoms with Crippen LogP contribution in [-0.2, 0) is 92.9 Å². The average Bonchev–Trinajstić information content (AvgIpc) is 1.70. The number of nitrogens with two attached hydrogens (primary N) is 2. The number of primary amides is 1. The third-order valence-corrected chi connectivity index (χ3v) is 21.1. The Balaban J connectivity index is 1.08. The van der Waals surface area contributed by atoms with E-state index in [2.05, 4.69) is 84.1 Å². The van der Waals surface area contributed by atoms with Crippen molar-refractivity contribution < 1.29 is 91.2 Å². The quantitative estimate of drug-likeness (QED) is 0.0112. The van der Waals surface area contributed by atoms with Crippen LogP contribution in [0, 0.1) is 23.2 Å². The first kappa shape index (κ1) is 101. The van der Waals surface area contributed by atoms with Crippen LogP contribution in [0.15, 0.2) is 91.5 Å². The number of fused-ring (bicyclic) bond motifs is 1. The van der Waals surface area contributed by atoms with Crippen molar-refractivity contribution >= 4 is 112 Å². The van der Waals surface area contributed by atoms with Gasteiger partial charge in [-0.3, -0.25) is 58.1 Å². The van der Waals surface area contributed by atoms with E-state index in [0.29, 0.717) is 58.2 Å². The molecule has 41 nitrogen and oxygen atoms in total. The van der Waals surface area contributed by atoms with Gasteiger partial charge < -0.3 is 125 Å². The molecule has 1 unspecified atom stereocenters. The van der Waals surface area contributed by atoms with Gasteiger partial charge in [0.1, 0.15) is 72.8 Å². The number of carbonyl (C=O) groups is 15. The number of likely N-dealkylation sites (tertiary alicyclic amines) is 1. The zero-order valence-electron chi connectivity index (χ0n) is 73.9. The Morgan fingerprint density at radius 3 is 1.72 bits per heavy atom. The summed E-state index contributed by atoms with van der Waals surface area (Å²) in [6.07, 6.45) is 3.91. The van der Waals surface area contributed by atoms with Crippen molar-refractivity contribution in [2.24, 2.45) is 29.2 Å². The number of H-pyrrole nitrogens is 2. The molecular formula is C86H126N22O19. The molecule has 2 saturated heterocycles. The zero-order chi connectivity index (χ0) is 93.1. The van der Waals surface area contributed by atoms with Crippen molar-refractivity contribution in [2.45, 2.75) is 225 Å². The Kier molecular flexibility index (Phi) is 40.0. The molecule has 0 saturated carbocycles. The molecule has 7 rings (SSSR count). The highest BCUT2D eigenvalue weighted by Gasteiger charge is 2.41. The second-order valence-corrected chi connectivity index (χ2v) is 33.1. The number of para-hydroxylation sites is 1. The number of likely N-dealkylation sites (N-methyl/N-ethyl adjacent to an activating group) is 2. The maximum atomic E-state index is 15.2. The summed E-state index contributed by atoms with van der Waals surface area (Å²) >= 11 is 0. The van der Waals surface area contributed by atoms with Gasteiger partial charge in [-0.05, 0) is 129 Å². The van der Waals surface area contributed by atoms with Crippen LogP contribution in [0.5, 0.6) is 5.75 Å². The number of aliphatic hydroxyl groups is 1. The van der Waals surface area contributed by atoms with Crippen LogP contribution in [0.1, 0.15) is 149 Å². The number of amides is 15. The number of rotatable bonds is 49. The van der Waals surface area contributed by atoms with Crippen LogP contribution >= 0.6 is 0 Å². The molecular weight excluding hydrogens is 1650 g/mol. The number of benzene rings is 3. The number of imidazole rings is 1. The van der Waals surface area contributed by atoms with E-state index < -0.39 is 150 Å². The second-order valence-electron chi connectivity index (χ2n) is 33.1. The zero-order valence-corrected chi connectivity index (χ0v) is 73.9. The van der Waals surface area contributed by atoms with Crippen LogP contribution in [-0.4, -0.2) is 262 Å². The molecule has 127 heavy (non-hydrogen) atoms. The molecule has 694 valence electrons. The van der Waals surface area contributed by atoms with Crippen LogP contribution < -0.4 is 85.3 Å². The molecule has 0 aliphatic carbocycles. The number of aromatic amines is 2.